The lowest BCUT2D eigenvalue weighted by Gasteiger charge is -2.07. The molecular weight excluding hydrogens is 324 g/mol. The Hall–Kier alpha value is -2.59. The number of carbonyl (C=O) groups excluding carboxylic acids is 1. The number of benzene rings is 2. The van der Waals surface area contributed by atoms with Crippen molar-refractivity contribution in [1.82, 2.24) is 10.3 Å². The summed E-state index contributed by atoms with van der Waals surface area (Å²) in [6.45, 7) is 0.407. The van der Waals surface area contributed by atoms with E-state index >= 15 is 0 Å². The minimum Gasteiger partial charge on any atom is -0.355 e. The lowest BCUT2D eigenvalue weighted by Crippen LogP contribution is -2.28. The first-order valence-electron chi connectivity index (χ1n) is 7.74. The van der Waals surface area contributed by atoms with Crippen molar-refractivity contribution in [3.8, 4) is 0 Å². The molecule has 3 rings (SSSR count). The SMILES string of the molecule is O=C(Cc1ccccc1Cl)NCCc1cc2ccccc2[nH]c1=O. The molecule has 1 heterocycles. The third-order valence-electron chi connectivity index (χ3n) is 3.86. The van der Waals surface area contributed by atoms with Crippen molar-refractivity contribution in [1.29, 1.82) is 0 Å². The van der Waals surface area contributed by atoms with Crippen LogP contribution in [0.15, 0.2) is 59.4 Å². The molecule has 0 fully saturated rings. The zero-order valence-electron chi connectivity index (χ0n) is 13.0. The predicted octanol–water partition coefficient (Wildman–Crippen LogP) is 3.08. The molecule has 3 aromatic rings. The van der Waals surface area contributed by atoms with Crippen LogP contribution in [0, 0.1) is 0 Å². The van der Waals surface area contributed by atoms with Gasteiger partial charge in [0.15, 0.2) is 0 Å². The van der Waals surface area contributed by atoms with Crippen LogP contribution < -0.4 is 10.9 Å². The molecule has 0 aliphatic rings. The van der Waals surface area contributed by atoms with E-state index in [1.807, 2.05) is 48.5 Å². The molecule has 0 bridgehead atoms. The molecule has 5 heteroatoms. The number of hydrogen-bond acceptors (Lipinski definition) is 2. The normalized spacial score (nSPS) is 10.7. The largest absolute Gasteiger partial charge is 0.355 e. The quantitative estimate of drug-likeness (QED) is 0.749. The number of halogens is 1. The van der Waals surface area contributed by atoms with Crippen LogP contribution in [0.4, 0.5) is 0 Å². The first-order chi connectivity index (χ1) is 11.6. The molecule has 1 amide bonds. The van der Waals surface area contributed by atoms with Gasteiger partial charge in [-0.2, -0.15) is 0 Å². The lowest BCUT2D eigenvalue weighted by atomic mass is 10.1. The van der Waals surface area contributed by atoms with Crippen molar-refractivity contribution in [2.45, 2.75) is 12.8 Å². The molecule has 4 nitrogen and oxygen atoms in total. The van der Waals surface area contributed by atoms with E-state index in [4.69, 9.17) is 11.6 Å². The third kappa shape index (κ3) is 3.84. The highest BCUT2D eigenvalue weighted by atomic mass is 35.5. The molecular formula is C19H17ClN2O2. The maximum Gasteiger partial charge on any atom is 0.251 e. The van der Waals surface area contributed by atoms with Crippen LogP contribution in [0.5, 0.6) is 0 Å². The Balaban J connectivity index is 1.60. The highest BCUT2D eigenvalue weighted by molar-refractivity contribution is 6.31. The van der Waals surface area contributed by atoms with Crippen LogP contribution in [-0.2, 0) is 17.6 Å². The number of para-hydroxylation sites is 1. The zero-order chi connectivity index (χ0) is 16.9. The fraction of sp³-hybridized carbons (Fsp3) is 0.158. The maximum absolute atomic E-state index is 12.1. The monoisotopic (exact) mass is 340 g/mol. The number of pyridine rings is 1. The van der Waals surface area contributed by atoms with Gasteiger partial charge in [0.2, 0.25) is 5.91 Å². The summed E-state index contributed by atoms with van der Waals surface area (Å²) < 4.78 is 0. The van der Waals surface area contributed by atoms with Crippen molar-refractivity contribution in [3.05, 3.63) is 81.1 Å². The molecule has 2 aromatic carbocycles. The minimum atomic E-state index is -0.117. The third-order valence-corrected chi connectivity index (χ3v) is 4.22. The molecule has 0 unspecified atom stereocenters. The molecule has 24 heavy (non-hydrogen) atoms. The van der Waals surface area contributed by atoms with Crippen LogP contribution in [0.1, 0.15) is 11.1 Å². The Morgan fingerprint density at radius 3 is 2.62 bits per heavy atom. The molecule has 122 valence electrons. The van der Waals surface area contributed by atoms with Gasteiger partial charge in [-0.15, -0.1) is 0 Å². The fourth-order valence-electron chi connectivity index (χ4n) is 2.59. The Labute approximate surface area is 144 Å². The number of H-pyrrole nitrogens is 1. The number of carbonyl (C=O) groups is 1. The summed E-state index contributed by atoms with van der Waals surface area (Å²) in [5.41, 5.74) is 2.15. The van der Waals surface area contributed by atoms with Crippen LogP contribution in [-0.4, -0.2) is 17.4 Å². The molecule has 0 radical (unpaired) electrons. The average molecular weight is 341 g/mol. The van der Waals surface area contributed by atoms with E-state index in [1.54, 1.807) is 6.07 Å². The summed E-state index contributed by atoms with van der Waals surface area (Å²) in [5.74, 6) is -0.111. The molecule has 0 saturated heterocycles. The van der Waals surface area contributed by atoms with Crippen molar-refractivity contribution >= 4 is 28.4 Å². The van der Waals surface area contributed by atoms with Gasteiger partial charge in [-0.3, -0.25) is 9.59 Å². The number of hydrogen-bond donors (Lipinski definition) is 2. The topological polar surface area (TPSA) is 62.0 Å². The van der Waals surface area contributed by atoms with Crippen molar-refractivity contribution in [2.75, 3.05) is 6.54 Å². The van der Waals surface area contributed by atoms with E-state index in [2.05, 4.69) is 10.3 Å². The van der Waals surface area contributed by atoms with Gasteiger partial charge in [-0.05, 0) is 35.6 Å². The Bertz CT molecular complexity index is 934. The highest BCUT2D eigenvalue weighted by Gasteiger charge is 2.07. The first-order valence-corrected chi connectivity index (χ1v) is 8.12. The standard InChI is InChI=1S/C19H17ClN2O2/c20-16-7-3-1-5-13(16)12-18(23)21-10-9-15-11-14-6-2-4-8-17(14)22-19(15)24/h1-8,11H,9-10,12H2,(H,21,23)(H,22,24). The molecule has 2 N–H and O–H groups in total. The van der Waals surface area contributed by atoms with Gasteiger partial charge in [-0.1, -0.05) is 48.0 Å². The smallest absolute Gasteiger partial charge is 0.251 e. The van der Waals surface area contributed by atoms with E-state index in [0.717, 1.165) is 16.5 Å². The second kappa shape index (κ2) is 7.32. The summed E-state index contributed by atoms with van der Waals surface area (Å²) in [6.07, 6.45) is 0.710. The maximum atomic E-state index is 12.1. The average Bonchev–Trinajstić information content (AvgIpc) is 2.57. The molecule has 0 spiro atoms. The van der Waals surface area contributed by atoms with Crippen molar-refractivity contribution in [2.24, 2.45) is 0 Å². The van der Waals surface area contributed by atoms with E-state index in [1.165, 1.54) is 0 Å². The lowest BCUT2D eigenvalue weighted by molar-refractivity contribution is -0.120. The zero-order valence-corrected chi connectivity index (χ0v) is 13.8. The number of nitrogens with one attached hydrogen (secondary N) is 2. The summed E-state index contributed by atoms with van der Waals surface area (Å²) in [5, 5.41) is 4.39. The van der Waals surface area contributed by atoms with Crippen LogP contribution in [0.3, 0.4) is 0 Å². The molecule has 0 aliphatic carbocycles. The number of fused-ring (bicyclic) bond motifs is 1. The second-order valence-electron chi connectivity index (χ2n) is 5.58. The van der Waals surface area contributed by atoms with Gasteiger partial charge in [0, 0.05) is 22.6 Å². The van der Waals surface area contributed by atoms with Gasteiger partial charge >= 0.3 is 0 Å². The first kappa shape index (κ1) is 16.3. The van der Waals surface area contributed by atoms with E-state index < -0.39 is 0 Å². The Morgan fingerprint density at radius 1 is 1.04 bits per heavy atom. The number of aromatic nitrogens is 1. The van der Waals surface area contributed by atoms with Crippen molar-refractivity contribution < 1.29 is 4.79 Å². The predicted molar refractivity (Wildman–Crippen MR) is 96.4 cm³/mol. The number of amides is 1. The molecule has 0 saturated carbocycles. The second-order valence-corrected chi connectivity index (χ2v) is 5.99. The summed E-state index contributed by atoms with van der Waals surface area (Å²) >= 11 is 6.05. The van der Waals surface area contributed by atoms with Gasteiger partial charge < -0.3 is 10.3 Å². The fourth-order valence-corrected chi connectivity index (χ4v) is 2.79. The molecule has 0 aliphatic heterocycles. The number of rotatable bonds is 5. The summed E-state index contributed by atoms with van der Waals surface area (Å²) in [6, 6.07) is 16.8. The molecule has 0 atom stereocenters. The van der Waals surface area contributed by atoms with Crippen LogP contribution in [0.25, 0.3) is 10.9 Å². The summed E-state index contributed by atoms with van der Waals surface area (Å²) in [7, 11) is 0. The molecule has 1 aromatic heterocycles. The van der Waals surface area contributed by atoms with Crippen molar-refractivity contribution in [3.63, 3.8) is 0 Å². The van der Waals surface area contributed by atoms with Gasteiger partial charge in [0.1, 0.15) is 0 Å². The van der Waals surface area contributed by atoms with Gasteiger partial charge in [0.25, 0.3) is 5.56 Å². The number of aromatic amines is 1. The van der Waals surface area contributed by atoms with E-state index in [-0.39, 0.29) is 17.9 Å². The summed E-state index contributed by atoms with van der Waals surface area (Å²) in [4.78, 5) is 26.9. The van der Waals surface area contributed by atoms with E-state index in [9.17, 15) is 9.59 Å². The highest BCUT2D eigenvalue weighted by Crippen LogP contribution is 2.15. The Morgan fingerprint density at radius 2 is 1.79 bits per heavy atom. The van der Waals surface area contributed by atoms with Gasteiger partial charge in [-0.25, -0.2) is 0 Å². The van der Waals surface area contributed by atoms with Crippen LogP contribution in [0.2, 0.25) is 5.02 Å². The Kier molecular flexibility index (Phi) is 4.96. The van der Waals surface area contributed by atoms with Gasteiger partial charge in [0.05, 0.1) is 6.42 Å². The van der Waals surface area contributed by atoms with E-state index in [0.29, 0.717) is 23.6 Å². The minimum absolute atomic E-state index is 0.111. The van der Waals surface area contributed by atoms with Crippen LogP contribution >= 0.6 is 11.6 Å².